The van der Waals surface area contributed by atoms with Gasteiger partial charge >= 0.3 is 0 Å². The van der Waals surface area contributed by atoms with Gasteiger partial charge in [-0.1, -0.05) is 12.1 Å². The van der Waals surface area contributed by atoms with Gasteiger partial charge in [0.2, 0.25) is 5.82 Å². The van der Waals surface area contributed by atoms with Crippen molar-refractivity contribution < 1.29 is 8.81 Å². The predicted octanol–water partition coefficient (Wildman–Crippen LogP) is 3.61. The molecule has 0 radical (unpaired) electrons. The van der Waals surface area contributed by atoms with Crippen LogP contribution in [0.25, 0.3) is 11.6 Å². The van der Waals surface area contributed by atoms with Crippen LogP contribution in [0.4, 0.5) is 4.39 Å². The molecule has 2 heterocycles. The molecule has 1 aromatic carbocycles. The number of nitrogens with one attached hydrogen (secondary N) is 3. The van der Waals surface area contributed by atoms with Crippen LogP contribution in [0.2, 0.25) is 0 Å². The summed E-state index contributed by atoms with van der Waals surface area (Å²) >= 11 is 0. The summed E-state index contributed by atoms with van der Waals surface area (Å²) in [6.45, 7) is 3.82. The van der Waals surface area contributed by atoms with E-state index in [0.29, 0.717) is 36.5 Å². The smallest absolute Gasteiger partial charge is 0.216 e. The molecule has 0 atom stereocenters. The van der Waals surface area contributed by atoms with Crippen LogP contribution in [0.1, 0.15) is 31.2 Å². The Morgan fingerprint density at radius 3 is 2.83 bits per heavy atom. The maximum Gasteiger partial charge on any atom is 0.216 e. The van der Waals surface area contributed by atoms with E-state index in [1.807, 2.05) is 19.1 Å². The monoisotopic (exact) mass is 510 g/mol. The topological polar surface area (TPSA) is 91.1 Å². The third-order valence-electron chi connectivity index (χ3n) is 4.89. The molecule has 1 fully saturated rings. The number of hydrogen-bond donors (Lipinski definition) is 3. The molecule has 0 unspecified atom stereocenters. The minimum atomic E-state index is -0.193. The predicted molar refractivity (Wildman–Crippen MR) is 120 cm³/mol. The standard InChI is InChI=1S/C20H23FN6O.HI/c1-2-22-19(23-12-17-25-18(27-26-17)16-7-4-10-28-16)24-13-20(8-9-20)14-5-3-6-15(21)11-14;/h3-7,10-11H,2,8-9,12-13H2,1H3,(H2,22,23,24)(H,25,26,27);1H. The van der Waals surface area contributed by atoms with Crippen molar-refractivity contribution in [3.05, 3.63) is 59.9 Å². The third kappa shape index (κ3) is 5.14. The van der Waals surface area contributed by atoms with Crippen LogP contribution in [0, 0.1) is 5.82 Å². The van der Waals surface area contributed by atoms with E-state index in [2.05, 4.69) is 30.8 Å². The number of rotatable bonds is 7. The first-order valence-electron chi connectivity index (χ1n) is 9.42. The fourth-order valence-electron chi connectivity index (χ4n) is 3.17. The van der Waals surface area contributed by atoms with Crippen LogP contribution < -0.4 is 10.6 Å². The molecule has 1 saturated carbocycles. The molecule has 2 aromatic heterocycles. The van der Waals surface area contributed by atoms with Gasteiger partial charge in [0.15, 0.2) is 11.7 Å². The second kappa shape index (κ2) is 9.38. The number of benzene rings is 1. The number of halogens is 2. The average molecular weight is 510 g/mol. The molecule has 154 valence electrons. The highest BCUT2D eigenvalue weighted by Gasteiger charge is 2.44. The van der Waals surface area contributed by atoms with Gasteiger partial charge in [0.1, 0.15) is 18.2 Å². The number of aromatic amines is 1. The normalized spacial score (nSPS) is 14.9. The van der Waals surface area contributed by atoms with Gasteiger partial charge in [0, 0.05) is 18.5 Å². The van der Waals surface area contributed by atoms with E-state index >= 15 is 0 Å². The molecule has 0 amide bonds. The Balaban J connectivity index is 0.00000240. The highest BCUT2D eigenvalue weighted by Crippen LogP contribution is 2.47. The lowest BCUT2D eigenvalue weighted by Crippen LogP contribution is -2.41. The zero-order valence-electron chi connectivity index (χ0n) is 16.1. The number of nitrogens with zero attached hydrogens (tertiary/aromatic N) is 3. The largest absolute Gasteiger partial charge is 0.461 e. The highest BCUT2D eigenvalue weighted by molar-refractivity contribution is 14.0. The molecule has 0 spiro atoms. The molecule has 0 saturated heterocycles. The third-order valence-corrected chi connectivity index (χ3v) is 4.89. The fraction of sp³-hybridized carbons (Fsp3) is 0.350. The van der Waals surface area contributed by atoms with Crippen molar-refractivity contribution in [2.24, 2.45) is 4.99 Å². The van der Waals surface area contributed by atoms with Crippen LogP contribution >= 0.6 is 24.0 Å². The summed E-state index contributed by atoms with van der Waals surface area (Å²) in [6.07, 6.45) is 3.66. The fourth-order valence-corrected chi connectivity index (χ4v) is 3.17. The minimum Gasteiger partial charge on any atom is -0.461 e. The van der Waals surface area contributed by atoms with E-state index in [1.54, 1.807) is 24.5 Å². The van der Waals surface area contributed by atoms with E-state index in [0.717, 1.165) is 24.9 Å². The van der Waals surface area contributed by atoms with Crippen LogP contribution in [0.3, 0.4) is 0 Å². The number of hydrogen-bond acceptors (Lipinski definition) is 4. The summed E-state index contributed by atoms with van der Waals surface area (Å²) in [5.74, 6) is 2.27. The average Bonchev–Trinajstić information content (AvgIpc) is 3.08. The molecule has 1 aliphatic rings. The summed E-state index contributed by atoms with van der Waals surface area (Å²) in [6, 6.07) is 10.5. The van der Waals surface area contributed by atoms with Gasteiger partial charge in [-0.05, 0) is 49.6 Å². The highest BCUT2D eigenvalue weighted by atomic mass is 127. The molecule has 0 bridgehead atoms. The van der Waals surface area contributed by atoms with Crippen LogP contribution in [-0.4, -0.2) is 34.2 Å². The Labute approximate surface area is 185 Å². The van der Waals surface area contributed by atoms with Gasteiger partial charge in [0.25, 0.3) is 0 Å². The number of aromatic nitrogens is 3. The lowest BCUT2D eigenvalue weighted by Gasteiger charge is -2.19. The van der Waals surface area contributed by atoms with E-state index in [-0.39, 0.29) is 35.2 Å². The van der Waals surface area contributed by atoms with Crippen LogP contribution in [0.5, 0.6) is 0 Å². The second-order valence-corrected chi connectivity index (χ2v) is 6.92. The Morgan fingerprint density at radius 2 is 2.14 bits per heavy atom. The first-order chi connectivity index (χ1) is 13.7. The summed E-state index contributed by atoms with van der Waals surface area (Å²) in [7, 11) is 0. The molecule has 0 aliphatic heterocycles. The molecule has 3 N–H and O–H groups in total. The van der Waals surface area contributed by atoms with Crippen molar-refractivity contribution in [3.8, 4) is 11.6 Å². The molecular formula is C20H24FIN6O. The van der Waals surface area contributed by atoms with Gasteiger partial charge in [-0.3, -0.25) is 5.10 Å². The van der Waals surface area contributed by atoms with E-state index < -0.39 is 0 Å². The van der Waals surface area contributed by atoms with E-state index in [9.17, 15) is 4.39 Å². The number of furan rings is 1. The number of H-pyrrole nitrogens is 1. The van der Waals surface area contributed by atoms with E-state index in [4.69, 9.17) is 4.42 Å². The van der Waals surface area contributed by atoms with Gasteiger partial charge < -0.3 is 15.1 Å². The molecule has 1 aliphatic carbocycles. The SMILES string of the molecule is CCNC(=NCc1nc(-c2ccco2)n[nH]1)NCC1(c2cccc(F)c2)CC1.I. The zero-order chi connectivity index (χ0) is 19.4. The molecule has 7 nitrogen and oxygen atoms in total. The Bertz CT molecular complexity index is 952. The zero-order valence-corrected chi connectivity index (χ0v) is 18.4. The first-order valence-corrected chi connectivity index (χ1v) is 9.42. The van der Waals surface area contributed by atoms with Gasteiger partial charge in [-0.15, -0.1) is 29.1 Å². The van der Waals surface area contributed by atoms with Crippen molar-refractivity contribution in [3.63, 3.8) is 0 Å². The summed E-state index contributed by atoms with van der Waals surface area (Å²) in [5.41, 5.74) is 1.02. The van der Waals surface area contributed by atoms with Crippen molar-refractivity contribution in [2.45, 2.75) is 31.7 Å². The summed E-state index contributed by atoms with van der Waals surface area (Å²) in [4.78, 5) is 8.98. The van der Waals surface area contributed by atoms with Crippen LogP contribution in [-0.2, 0) is 12.0 Å². The van der Waals surface area contributed by atoms with Gasteiger partial charge in [0.05, 0.1) is 6.26 Å². The van der Waals surface area contributed by atoms with Crippen molar-refractivity contribution >= 4 is 29.9 Å². The molecular weight excluding hydrogens is 486 g/mol. The minimum absolute atomic E-state index is 0. The lowest BCUT2D eigenvalue weighted by molar-refractivity contribution is 0.577. The van der Waals surface area contributed by atoms with Crippen molar-refractivity contribution in [2.75, 3.05) is 13.1 Å². The molecule has 4 rings (SSSR count). The first kappa shape index (κ1) is 21.3. The maximum atomic E-state index is 13.6. The molecule has 29 heavy (non-hydrogen) atoms. The van der Waals surface area contributed by atoms with Gasteiger partial charge in [-0.25, -0.2) is 14.4 Å². The quantitative estimate of drug-likeness (QED) is 0.257. The van der Waals surface area contributed by atoms with E-state index in [1.165, 1.54) is 6.07 Å². The van der Waals surface area contributed by atoms with Crippen molar-refractivity contribution in [1.82, 2.24) is 25.8 Å². The summed E-state index contributed by atoms with van der Waals surface area (Å²) < 4.78 is 18.9. The van der Waals surface area contributed by atoms with Crippen molar-refractivity contribution in [1.29, 1.82) is 0 Å². The number of aliphatic imine (C=N–C) groups is 1. The second-order valence-electron chi connectivity index (χ2n) is 6.92. The van der Waals surface area contributed by atoms with Gasteiger partial charge in [-0.2, -0.15) is 0 Å². The molecule has 9 heteroatoms. The summed E-state index contributed by atoms with van der Waals surface area (Å²) in [5, 5.41) is 13.6. The lowest BCUT2D eigenvalue weighted by atomic mass is 9.96. The number of guanidine groups is 1. The Hall–Kier alpha value is -2.43. The maximum absolute atomic E-state index is 13.6. The Kier molecular flexibility index (Phi) is 6.88. The van der Waals surface area contributed by atoms with Crippen LogP contribution in [0.15, 0.2) is 52.1 Å². The Morgan fingerprint density at radius 1 is 1.28 bits per heavy atom. The molecule has 3 aromatic rings.